The zero-order chi connectivity index (χ0) is 13.0. The van der Waals surface area contributed by atoms with Gasteiger partial charge in [-0.3, -0.25) is 4.79 Å². The number of imidazole rings is 1. The maximum atomic E-state index is 11.9. The van der Waals surface area contributed by atoms with Crippen LogP contribution in [0.4, 0.5) is 0 Å². The summed E-state index contributed by atoms with van der Waals surface area (Å²) in [6.07, 6.45) is 4.20. The van der Waals surface area contributed by atoms with Crippen molar-refractivity contribution < 1.29 is 4.79 Å². The summed E-state index contributed by atoms with van der Waals surface area (Å²) in [5.74, 6) is 0.847. The first-order chi connectivity index (χ1) is 8.66. The molecular formula is C14H17N3O. The Kier molecular flexibility index (Phi) is 3.77. The van der Waals surface area contributed by atoms with E-state index < -0.39 is 0 Å². The first kappa shape index (κ1) is 12.4. The van der Waals surface area contributed by atoms with Crippen LogP contribution in [0, 0.1) is 13.8 Å². The molecule has 1 aromatic heterocycles. The molecule has 4 heteroatoms. The Balaban J connectivity index is 1.89. The number of nitrogens with zero attached hydrogens (tertiary/aromatic N) is 1. The van der Waals surface area contributed by atoms with Crippen molar-refractivity contribution in [1.82, 2.24) is 15.3 Å². The molecule has 0 bridgehead atoms. The van der Waals surface area contributed by atoms with Crippen molar-refractivity contribution in [3.05, 3.63) is 53.1 Å². The molecule has 0 saturated heterocycles. The third-order valence-corrected chi connectivity index (χ3v) is 2.97. The molecule has 1 amide bonds. The van der Waals surface area contributed by atoms with E-state index in [1.54, 1.807) is 12.4 Å². The van der Waals surface area contributed by atoms with E-state index in [-0.39, 0.29) is 5.91 Å². The van der Waals surface area contributed by atoms with E-state index in [2.05, 4.69) is 15.3 Å². The molecule has 0 radical (unpaired) electrons. The van der Waals surface area contributed by atoms with Crippen LogP contribution in [0.5, 0.6) is 0 Å². The maximum absolute atomic E-state index is 11.9. The van der Waals surface area contributed by atoms with Crippen LogP contribution in [0.25, 0.3) is 0 Å². The fraction of sp³-hybridized carbons (Fsp3) is 0.286. The van der Waals surface area contributed by atoms with Gasteiger partial charge in [0.2, 0.25) is 0 Å². The van der Waals surface area contributed by atoms with E-state index in [1.165, 1.54) is 5.56 Å². The van der Waals surface area contributed by atoms with Crippen molar-refractivity contribution in [2.45, 2.75) is 20.3 Å². The lowest BCUT2D eigenvalue weighted by Crippen LogP contribution is -2.26. The Morgan fingerprint density at radius 1 is 1.33 bits per heavy atom. The van der Waals surface area contributed by atoms with Crippen LogP contribution < -0.4 is 5.32 Å². The Morgan fingerprint density at radius 2 is 2.17 bits per heavy atom. The predicted molar refractivity (Wildman–Crippen MR) is 70.5 cm³/mol. The molecule has 0 aliphatic rings. The van der Waals surface area contributed by atoms with Crippen LogP contribution >= 0.6 is 0 Å². The minimum atomic E-state index is -0.0374. The zero-order valence-electron chi connectivity index (χ0n) is 10.7. The van der Waals surface area contributed by atoms with E-state index in [1.807, 2.05) is 32.0 Å². The minimum Gasteiger partial charge on any atom is -0.352 e. The van der Waals surface area contributed by atoms with Gasteiger partial charge in [0.25, 0.3) is 5.91 Å². The van der Waals surface area contributed by atoms with Crippen LogP contribution in [0.15, 0.2) is 30.6 Å². The largest absolute Gasteiger partial charge is 0.352 e. The molecule has 0 unspecified atom stereocenters. The van der Waals surface area contributed by atoms with E-state index in [9.17, 15) is 4.79 Å². The summed E-state index contributed by atoms with van der Waals surface area (Å²) in [5, 5.41) is 2.88. The molecule has 0 atom stereocenters. The summed E-state index contributed by atoms with van der Waals surface area (Å²) in [5.41, 5.74) is 3.04. The quantitative estimate of drug-likeness (QED) is 0.863. The van der Waals surface area contributed by atoms with Crippen molar-refractivity contribution in [3.63, 3.8) is 0 Å². The molecule has 0 spiro atoms. The second-order valence-electron chi connectivity index (χ2n) is 4.34. The first-order valence-electron chi connectivity index (χ1n) is 6.00. The molecule has 2 rings (SSSR count). The zero-order valence-corrected chi connectivity index (χ0v) is 10.7. The average Bonchev–Trinajstić information content (AvgIpc) is 2.85. The molecule has 0 saturated carbocycles. The molecule has 1 heterocycles. The lowest BCUT2D eigenvalue weighted by atomic mass is 10.1. The highest BCUT2D eigenvalue weighted by Gasteiger charge is 2.06. The van der Waals surface area contributed by atoms with Gasteiger partial charge in [-0.2, -0.15) is 0 Å². The van der Waals surface area contributed by atoms with Gasteiger partial charge in [-0.1, -0.05) is 6.07 Å². The lowest BCUT2D eigenvalue weighted by Gasteiger charge is -2.06. The van der Waals surface area contributed by atoms with E-state index in [0.29, 0.717) is 18.5 Å². The number of amides is 1. The fourth-order valence-electron chi connectivity index (χ4n) is 1.71. The van der Waals surface area contributed by atoms with E-state index >= 15 is 0 Å². The van der Waals surface area contributed by atoms with Crippen molar-refractivity contribution in [1.29, 1.82) is 0 Å². The summed E-state index contributed by atoms with van der Waals surface area (Å²) < 4.78 is 0. The second-order valence-corrected chi connectivity index (χ2v) is 4.34. The number of aromatic nitrogens is 2. The van der Waals surface area contributed by atoms with Crippen LogP contribution in [0.1, 0.15) is 27.3 Å². The molecule has 2 N–H and O–H groups in total. The van der Waals surface area contributed by atoms with Gasteiger partial charge in [0.15, 0.2) is 0 Å². The number of H-pyrrole nitrogens is 1. The van der Waals surface area contributed by atoms with E-state index in [0.717, 1.165) is 11.4 Å². The third kappa shape index (κ3) is 2.97. The molecule has 0 fully saturated rings. The highest BCUT2D eigenvalue weighted by molar-refractivity contribution is 5.94. The van der Waals surface area contributed by atoms with Crippen molar-refractivity contribution in [2.24, 2.45) is 0 Å². The van der Waals surface area contributed by atoms with Crippen LogP contribution in [0.3, 0.4) is 0 Å². The molecule has 0 aliphatic carbocycles. The second kappa shape index (κ2) is 5.49. The monoisotopic (exact) mass is 243 g/mol. The number of hydrogen-bond acceptors (Lipinski definition) is 2. The molecule has 18 heavy (non-hydrogen) atoms. The van der Waals surface area contributed by atoms with Gasteiger partial charge in [0.1, 0.15) is 5.82 Å². The number of aromatic amines is 1. The Hall–Kier alpha value is -2.10. The molecule has 0 aliphatic heterocycles. The van der Waals surface area contributed by atoms with Gasteiger partial charge in [-0.05, 0) is 37.1 Å². The molecule has 1 aromatic carbocycles. The number of rotatable bonds is 4. The Morgan fingerprint density at radius 3 is 2.83 bits per heavy atom. The number of benzene rings is 1. The summed E-state index contributed by atoms with van der Waals surface area (Å²) in [6.45, 7) is 4.63. The number of carbonyl (C=O) groups excluding carboxylic acids is 1. The summed E-state index contributed by atoms with van der Waals surface area (Å²) in [7, 11) is 0. The topological polar surface area (TPSA) is 57.8 Å². The van der Waals surface area contributed by atoms with Gasteiger partial charge in [0.05, 0.1) is 0 Å². The smallest absolute Gasteiger partial charge is 0.251 e. The molecule has 2 aromatic rings. The predicted octanol–water partition coefficient (Wildman–Crippen LogP) is 2.00. The Bertz CT molecular complexity index is 532. The van der Waals surface area contributed by atoms with Crippen molar-refractivity contribution in [3.8, 4) is 0 Å². The average molecular weight is 243 g/mol. The maximum Gasteiger partial charge on any atom is 0.251 e. The van der Waals surface area contributed by atoms with Crippen LogP contribution in [-0.2, 0) is 6.42 Å². The summed E-state index contributed by atoms with van der Waals surface area (Å²) >= 11 is 0. The SMILES string of the molecule is Cc1ccc(C(=O)NCCc2ncc[nH]2)cc1C. The minimum absolute atomic E-state index is 0.0374. The molecule has 4 nitrogen and oxygen atoms in total. The fourth-order valence-corrected chi connectivity index (χ4v) is 1.71. The van der Waals surface area contributed by atoms with Crippen molar-refractivity contribution in [2.75, 3.05) is 6.54 Å². The standard InChI is InChI=1S/C14H17N3O/c1-10-3-4-12(9-11(10)2)14(18)17-6-5-13-15-7-8-16-13/h3-4,7-9H,5-6H2,1-2H3,(H,15,16)(H,17,18). The number of carbonyl (C=O) groups is 1. The number of hydrogen-bond donors (Lipinski definition) is 2. The molecule has 94 valence electrons. The van der Waals surface area contributed by atoms with Gasteiger partial charge < -0.3 is 10.3 Å². The van der Waals surface area contributed by atoms with Crippen LogP contribution in [0.2, 0.25) is 0 Å². The summed E-state index contributed by atoms with van der Waals surface area (Å²) in [4.78, 5) is 19.0. The third-order valence-electron chi connectivity index (χ3n) is 2.97. The van der Waals surface area contributed by atoms with Gasteiger partial charge in [-0.25, -0.2) is 4.98 Å². The Labute approximate surface area is 106 Å². The number of aryl methyl sites for hydroxylation is 2. The van der Waals surface area contributed by atoms with Crippen LogP contribution in [-0.4, -0.2) is 22.4 Å². The first-order valence-corrected chi connectivity index (χ1v) is 6.00. The normalized spacial score (nSPS) is 10.3. The van der Waals surface area contributed by atoms with Crippen molar-refractivity contribution >= 4 is 5.91 Å². The number of nitrogens with one attached hydrogen (secondary N) is 2. The lowest BCUT2D eigenvalue weighted by molar-refractivity contribution is 0.0954. The van der Waals surface area contributed by atoms with Gasteiger partial charge >= 0.3 is 0 Å². The summed E-state index contributed by atoms with van der Waals surface area (Å²) in [6, 6.07) is 5.74. The highest BCUT2D eigenvalue weighted by Crippen LogP contribution is 2.09. The highest BCUT2D eigenvalue weighted by atomic mass is 16.1. The van der Waals surface area contributed by atoms with Gasteiger partial charge in [0, 0.05) is 30.9 Å². The van der Waals surface area contributed by atoms with E-state index in [4.69, 9.17) is 0 Å². The molecular weight excluding hydrogens is 226 g/mol. The van der Waals surface area contributed by atoms with Gasteiger partial charge in [-0.15, -0.1) is 0 Å².